The lowest BCUT2D eigenvalue weighted by Crippen LogP contribution is -2.68. The molecule has 0 bridgehead atoms. The second-order valence-electron chi connectivity index (χ2n) is 6.91. The van der Waals surface area contributed by atoms with Crippen molar-refractivity contribution in [1.29, 1.82) is 0 Å². The molecule has 0 aliphatic rings. The molecule has 0 aliphatic heterocycles. The Labute approximate surface area is 202 Å². The number of nitrogens with one attached hydrogen (secondary N) is 1. The maximum atomic E-state index is 14.5. The summed E-state index contributed by atoms with van der Waals surface area (Å²) in [5.41, 5.74) is -1.29. The summed E-state index contributed by atoms with van der Waals surface area (Å²) < 4.78 is 227. The number of carbonyl (C=O) groups excluding carboxylic acids is 1. The topological polar surface area (TPSA) is 47.6 Å². The predicted molar refractivity (Wildman–Crippen MR) is 87.7 cm³/mol. The third-order valence-electron chi connectivity index (χ3n) is 4.10. The smallest absolute Gasteiger partial charge is 0.320 e. The van der Waals surface area contributed by atoms with Crippen LogP contribution < -0.4 is 5.32 Å². The highest BCUT2D eigenvalue weighted by Crippen LogP contribution is 2.56. The molecule has 1 aromatic carbocycles. The average molecular weight is 620 g/mol. The lowest BCUT2D eigenvalue weighted by atomic mass is 10.1. The summed E-state index contributed by atoms with van der Waals surface area (Å²) in [5, 5.41) is 0.430. The summed E-state index contributed by atoms with van der Waals surface area (Å²) >= 11 is 5.43. The number of ether oxygens (including phenoxy) is 2. The molecule has 1 N–H and O–H groups in total. The molecule has 0 fully saturated rings. The van der Waals surface area contributed by atoms with Gasteiger partial charge >= 0.3 is 48.4 Å². The number of carbonyl (C=O) groups is 1. The van der Waals surface area contributed by atoms with Crippen LogP contribution in [0, 0.1) is 6.92 Å². The number of hydrogen-bond acceptors (Lipinski definition) is 3. The third-order valence-corrected chi connectivity index (χ3v) is 4.34. The van der Waals surface area contributed by atoms with Crippen LogP contribution in [0.3, 0.4) is 0 Å². The molecule has 0 saturated carbocycles. The molecule has 0 spiro atoms. The summed E-state index contributed by atoms with van der Waals surface area (Å²) in [5.74, 6) is -26.3. The van der Waals surface area contributed by atoms with E-state index in [1.807, 2.05) is 4.74 Å². The Morgan fingerprint density at radius 3 is 1.58 bits per heavy atom. The molecule has 4 nitrogen and oxygen atoms in total. The number of hydrogen-bond donors (Lipinski definition) is 1. The highest BCUT2D eigenvalue weighted by molar-refractivity contribution is 6.31. The Morgan fingerprint density at radius 1 is 0.711 bits per heavy atom. The Hall–Kier alpha value is -2.29. The van der Waals surface area contributed by atoms with E-state index in [1.54, 1.807) is 0 Å². The SMILES string of the molecule is Cc1ccc(Cl)cc1NC(=O)[C@](F)(OC(F)(F)[C@@](F)(OC(F)(F)C(F)(F)C(F)(F)F)C(F)(F)F)C(F)(F)F. The van der Waals surface area contributed by atoms with E-state index >= 15 is 0 Å². The lowest BCUT2D eigenvalue weighted by molar-refractivity contribution is -0.548. The molecule has 220 valence electrons. The zero-order valence-electron chi connectivity index (χ0n) is 17.3. The van der Waals surface area contributed by atoms with Crippen molar-refractivity contribution in [3.05, 3.63) is 28.8 Å². The largest absolute Gasteiger partial charge is 0.462 e. The Morgan fingerprint density at radius 2 is 1.18 bits per heavy atom. The van der Waals surface area contributed by atoms with Gasteiger partial charge in [-0.25, -0.2) is 0 Å². The van der Waals surface area contributed by atoms with Crippen LogP contribution in [0.25, 0.3) is 0 Å². The van der Waals surface area contributed by atoms with Gasteiger partial charge in [0.1, 0.15) is 0 Å². The first-order chi connectivity index (χ1) is 16.5. The van der Waals surface area contributed by atoms with Crippen molar-refractivity contribution >= 4 is 23.2 Å². The molecule has 0 saturated heterocycles. The van der Waals surface area contributed by atoms with Crippen LogP contribution in [0.1, 0.15) is 5.56 Å². The van der Waals surface area contributed by atoms with E-state index in [2.05, 4.69) is 0 Å². The normalized spacial score (nSPS) is 17.6. The average Bonchev–Trinajstić information content (AvgIpc) is 2.67. The minimum Gasteiger partial charge on any atom is -0.320 e. The zero-order chi connectivity index (χ0) is 30.6. The highest BCUT2D eigenvalue weighted by atomic mass is 35.5. The van der Waals surface area contributed by atoms with Gasteiger partial charge in [0.05, 0.1) is 0 Å². The number of benzene rings is 1. The molecule has 0 radical (unpaired) electrons. The number of anilines is 1. The number of halogens is 18. The number of aryl methyl sites for hydroxylation is 1. The van der Waals surface area contributed by atoms with Gasteiger partial charge in [0, 0.05) is 10.7 Å². The zero-order valence-corrected chi connectivity index (χ0v) is 18.0. The maximum absolute atomic E-state index is 14.5. The maximum Gasteiger partial charge on any atom is 0.462 e. The molecule has 1 amide bonds. The fourth-order valence-corrected chi connectivity index (χ4v) is 2.27. The lowest BCUT2D eigenvalue weighted by Gasteiger charge is -2.40. The highest BCUT2D eigenvalue weighted by Gasteiger charge is 2.85. The Kier molecular flexibility index (Phi) is 8.63. The summed E-state index contributed by atoms with van der Waals surface area (Å²) in [7, 11) is 0. The minimum absolute atomic E-state index is 0.327. The molecule has 0 aromatic heterocycles. The summed E-state index contributed by atoms with van der Waals surface area (Å²) in [6.07, 6.45) is -38.7. The fraction of sp³-hybridized carbons (Fsp3) is 0.562. The van der Waals surface area contributed by atoms with Gasteiger partial charge in [0.15, 0.2) is 0 Å². The van der Waals surface area contributed by atoms with Crippen LogP contribution in [-0.4, -0.2) is 54.3 Å². The van der Waals surface area contributed by atoms with Gasteiger partial charge < -0.3 is 5.32 Å². The van der Waals surface area contributed by atoms with Gasteiger partial charge in [-0.05, 0) is 24.6 Å². The van der Waals surface area contributed by atoms with E-state index < -0.39 is 65.0 Å². The molecular weight excluding hydrogens is 613 g/mol. The number of alkyl halides is 17. The van der Waals surface area contributed by atoms with E-state index in [4.69, 9.17) is 11.6 Å². The van der Waals surface area contributed by atoms with Gasteiger partial charge in [-0.15, -0.1) is 0 Å². The summed E-state index contributed by atoms with van der Waals surface area (Å²) in [6, 6.07) is 2.41. The van der Waals surface area contributed by atoms with E-state index in [1.165, 1.54) is 4.74 Å². The Bertz CT molecular complexity index is 1040. The quantitative estimate of drug-likeness (QED) is 0.308. The first kappa shape index (κ1) is 33.7. The van der Waals surface area contributed by atoms with E-state index in [-0.39, 0.29) is 5.56 Å². The summed E-state index contributed by atoms with van der Waals surface area (Å²) in [6.45, 7) is 0.946. The molecule has 0 aliphatic carbocycles. The van der Waals surface area contributed by atoms with Crippen LogP contribution in [0.5, 0.6) is 0 Å². The molecule has 1 aromatic rings. The van der Waals surface area contributed by atoms with Crippen molar-refractivity contribution in [3.63, 3.8) is 0 Å². The molecule has 38 heavy (non-hydrogen) atoms. The van der Waals surface area contributed by atoms with Crippen molar-refractivity contribution in [2.75, 3.05) is 5.32 Å². The molecule has 0 unspecified atom stereocenters. The van der Waals surface area contributed by atoms with Gasteiger partial charge in [-0.1, -0.05) is 17.7 Å². The van der Waals surface area contributed by atoms with Gasteiger partial charge in [0.2, 0.25) is 0 Å². The third kappa shape index (κ3) is 5.97. The molecule has 0 heterocycles. The first-order valence-corrected chi connectivity index (χ1v) is 9.04. The Balaban J connectivity index is 3.67. The van der Waals surface area contributed by atoms with Gasteiger partial charge in [0.25, 0.3) is 5.91 Å². The van der Waals surface area contributed by atoms with E-state index in [9.17, 15) is 79.4 Å². The van der Waals surface area contributed by atoms with Crippen LogP contribution in [0.15, 0.2) is 18.2 Å². The number of amides is 1. The second kappa shape index (κ2) is 9.72. The van der Waals surface area contributed by atoms with Crippen LogP contribution in [0.2, 0.25) is 5.02 Å². The molecular formula is C16H7ClF17NO3. The van der Waals surface area contributed by atoms with Gasteiger partial charge in [-0.3, -0.25) is 14.3 Å². The van der Waals surface area contributed by atoms with Gasteiger partial charge in [-0.2, -0.15) is 74.6 Å². The molecule has 1 rings (SSSR count). The van der Waals surface area contributed by atoms with E-state index in [0.29, 0.717) is 6.07 Å². The van der Waals surface area contributed by atoms with Crippen LogP contribution in [0.4, 0.5) is 80.3 Å². The minimum atomic E-state index is -8.08. The number of rotatable bonds is 8. The molecule has 22 heteroatoms. The van der Waals surface area contributed by atoms with Crippen molar-refractivity contribution in [2.45, 2.75) is 55.3 Å². The second-order valence-corrected chi connectivity index (χ2v) is 7.35. The fourth-order valence-electron chi connectivity index (χ4n) is 2.09. The van der Waals surface area contributed by atoms with Crippen LogP contribution >= 0.6 is 11.6 Å². The van der Waals surface area contributed by atoms with E-state index in [0.717, 1.165) is 24.4 Å². The van der Waals surface area contributed by atoms with Crippen molar-refractivity contribution in [2.24, 2.45) is 0 Å². The van der Waals surface area contributed by atoms with Crippen molar-refractivity contribution in [1.82, 2.24) is 0 Å². The molecule has 2 atom stereocenters. The standard InChI is InChI=1S/C16H7ClF17NO3/c1-5-2-3-6(17)4-7(5)35-8(36)9(18,12(22,23)24)37-16(33,34)11(21,14(28,29)30)38-15(31,32)10(19,20)13(25,26)27/h2-4H,1H3,(H,35,36)/t9-,11-/m0/s1. The summed E-state index contributed by atoms with van der Waals surface area (Å²) in [4.78, 5) is 11.8. The monoisotopic (exact) mass is 619 g/mol. The van der Waals surface area contributed by atoms with Crippen molar-refractivity contribution in [3.8, 4) is 0 Å². The first-order valence-electron chi connectivity index (χ1n) is 8.66. The van der Waals surface area contributed by atoms with Crippen molar-refractivity contribution < 1.29 is 88.9 Å². The van der Waals surface area contributed by atoms with Crippen LogP contribution in [-0.2, 0) is 14.3 Å². The predicted octanol–water partition coefficient (Wildman–Crippen LogP) is 7.46.